The van der Waals surface area contributed by atoms with Crippen molar-refractivity contribution >= 4 is 11.5 Å². The second-order valence-electron chi connectivity index (χ2n) is 8.04. The van der Waals surface area contributed by atoms with Crippen LogP contribution in [-0.4, -0.2) is 25.6 Å². The van der Waals surface area contributed by atoms with E-state index in [9.17, 15) is 23.2 Å². The number of nitrogens with one attached hydrogen (secondary N) is 3. The quantitative estimate of drug-likeness (QED) is 0.463. The van der Waals surface area contributed by atoms with Crippen LogP contribution in [0.2, 0.25) is 0 Å². The fourth-order valence-corrected chi connectivity index (χ4v) is 3.95. The largest absolute Gasteiger partial charge is 0.416 e. The molecular formula is C23H20F3N7O. The lowest BCUT2D eigenvalue weighted by atomic mass is 9.72. The highest BCUT2D eigenvalue weighted by atomic mass is 19.4. The summed E-state index contributed by atoms with van der Waals surface area (Å²) in [6, 6.07) is 7.42. The number of anilines is 1. The number of benzene rings is 1. The van der Waals surface area contributed by atoms with Gasteiger partial charge in [-0.1, -0.05) is 12.1 Å². The molecule has 2 aromatic heterocycles. The SMILES string of the molecule is CC(Nc1nc(C2CCC2c2ncccn2)[nH]c(=O)c1C(=N)C#N)c1ccc(C(F)(F)F)cc1. The lowest BCUT2D eigenvalue weighted by molar-refractivity contribution is -0.137. The molecule has 0 amide bonds. The van der Waals surface area contributed by atoms with Crippen molar-refractivity contribution < 1.29 is 13.2 Å². The Morgan fingerprint density at radius 1 is 1.21 bits per heavy atom. The van der Waals surface area contributed by atoms with Gasteiger partial charge in [-0.25, -0.2) is 15.0 Å². The predicted molar refractivity (Wildman–Crippen MR) is 118 cm³/mol. The zero-order chi connectivity index (χ0) is 24.5. The first-order valence-corrected chi connectivity index (χ1v) is 10.5. The van der Waals surface area contributed by atoms with E-state index in [0.29, 0.717) is 17.2 Å². The Bertz CT molecular complexity index is 1300. The van der Waals surface area contributed by atoms with E-state index in [1.54, 1.807) is 31.5 Å². The average molecular weight is 467 g/mol. The topological polar surface area (TPSA) is 131 Å². The Kier molecular flexibility index (Phi) is 6.15. The Hall–Kier alpha value is -4.07. The van der Waals surface area contributed by atoms with Gasteiger partial charge in [0.1, 0.15) is 34.8 Å². The lowest BCUT2D eigenvalue weighted by Gasteiger charge is -2.34. The average Bonchev–Trinajstić information content (AvgIpc) is 2.78. The van der Waals surface area contributed by atoms with Crippen molar-refractivity contribution in [2.24, 2.45) is 0 Å². The molecule has 0 spiro atoms. The molecule has 1 aliphatic rings. The number of aromatic nitrogens is 4. The number of aromatic amines is 1. The third kappa shape index (κ3) is 4.52. The van der Waals surface area contributed by atoms with E-state index < -0.39 is 29.1 Å². The van der Waals surface area contributed by atoms with Crippen molar-refractivity contribution in [2.45, 2.75) is 43.8 Å². The predicted octanol–water partition coefficient (Wildman–Crippen LogP) is 4.30. The number of nitriles is 1. The summed E-state index contributed by atoms with van der Waals surface area (Å²) in [6.45, 7) is 1.69. The summed E-state index contributed by atoms with van der Waals surface area (Å²) < 4.78 is 38.6. The number of H-pyrrole nitrogens is 1. The van der Waals surface area contributed by atoms with Gasteiger partial charge in [-0.3, -0.25) is 10.2 Å². The zero-order valence-corrected chi connectivity index (χ0v) is 18.0. The molecule has 174 valence electrons. The van der Waals surface area contributed by atoms with Gasteiger partial charge < -0.3 is 10.3 Å². The fraction of sp³-hybridized carbons (Fsp3) is 0.304. The van der Waals surface area contributed by atoms with E-state index in [0.717, 1.165) is 25.0 Å². The van der Waals surface area contributed by atoms with Crippen LogP contribution in [0.15, 0.2) is 47.5 Å². The van der Waals surface area contributed by atoms with Crippen LogP contribution in [-0.2, 0) is 6.18 Å². The van der Waals surface area contributed by atoms with E-state index in [1.165, 1.54) is 12.1 Å². The van der Waals surface area contributed by atoms with E-state index in [-0.39, 0.29) is 23.2 Å². The summed E-state index contributed by atoms with van der Waals surface area (Å²) in [7, 11) is 0. The van der Waals surface area contributed by atoms with Gasteiger partial charge in [-0.05, 0) is 43.5 Å². The fourth-order valence-electron chi connectivity index (χ4n) is 3.95. The van der Waals surface area contributed by atoms with Crippen LogP contribution in [0, 0.1) is 16.7 Å². The maximum atomic E-state index is 12.9. The molecule has 1 aliphatic carbocycles. The van der Waals surface area contributed by atoms with Crippen LogP contribution in [0.5, 0.6) is 0 Å². The molecule has 11 heteroatoms. The third-order valence-electron chi connectivity index (χ3n) is 5.93. The summed E-state index contributed by atoms with van der Waals surface area (Å²) in [5.74, 6) is 0.860. The van der Waals surface area contributed by atoms with Crippen molar-refractivity contribution in [2.75, 3.05) is 5.32 Å². The van der Waals surface area contributed by atoms with Crippen molar-refractivity contribution in [3.63, 3.8) is 0 Å². The van der Waals surface area contributed by atoms with Gasteiger partial charge in [0.25, 0.3) is 5.56 Å². The highest BCUT2D eigenvalue weighted by Crippen LogP contribution is 2.46. The van der Waals surface area contributed by atoms with Gasteiger partial charge in [0.15, 0.2) is 0 Å². The van der Waals surface area contributed by atoms with Crippen LogP contribution < -0.4 is 10.9 Å². The van der Waals surface area contributed by atoms with Gasteiger partial charge in [0.2, 0.25) is 0 Å². The van der Waals surface area contributed by atoms with Crippen molar-refractivity contribution in [1.82, 2.24) is 19.9 Å². The van der Waals surface area contributed by atoms with Gasteiger partial charge in [-0.15, -0.1) is 0 Å². The van der Waals surface area contributed by atoms with E-state index >= 15 is 0 Å². The molecule has 1 fully saturated rings. The number of hydrogen-bond donors (Lipinski definition) is 3. The zero-order valence-electron chi connectivity index (χ0n) is 18.0. The molecule has 0 bridgehead atoms. The van der Waals surface area contributed by atoms with Gasteiger partial charge in [-0.2, -0.15) is 18.4 Å². The molecule has 3 atom stereocenters. The van der Waals surface area contributed by atoms with Crippen molar-refractivity contribution in [3.05, 3.63) is 81.4 Å². The molecule has 0 saturated heterocycles. The Morgan fingerprint density at radius 2 is 1.85 bits per heavy atom. The minimum absolute atomic E-state index is 0.0253. The molecule has 0 aliphatic heterocycles. The molecule has 1 saturated carbocycles. The monoisotopic (exact) mass is 467 g/mol. The van der Waals surface area contributed by atoms with Crippen LogP contribution in [0.1, 0.15) is 66.0 Å². The van der Waals surface area contributed by atoms with E-state index in [4.69, 9.17) is 5.41 Å². The second kappa shape index (κ2) is 9.05. The molecule has 3 aromatic rings. The van der Waals surface area contributed by atoms with Crippen LogP contribution in [0.4, 0.5) is 19.0 Å². The van der Waals surface area contributed by atoms with Crippen LogP contribution in [0.25, 0.3) is 0 Å². The number of alkyl halides is 3. The lowest BCUT2D eigenvalue weighted by Crippen LogP contribution is -2.30. The first-order valence-electron chi connectivity index (χ1n) is 10.5. The standard InChI is InChI=1S/C23H20F3N7O/c1-12(13-3-5-14(6-4-13)23(24,25)26)31-21-18(17(28)11-27)22(34)33-20(32-21)16-8-7-15(16)19-29-9-2-10-30-19/h2-6,9-10,12,15-16,28H,7-8H2,1H3,(H2,31,32,33,34). The Morgan fingerprint density at radius 3 is 2.41 bits per heavy atom. The molecule has 3 N–H and O–H groups in total. The van der Waals surface area contributed by atoms with Crippen LogP contribution in [0.3, 0.4) is 0 Å². The number of hydrogen-bond acceptors (Lipinski definition) is 7. The summed E-state index contributed by atoms with van der Waals surface area (Å²) in [4.78, 5) is 28.6. The minimum Gasteiger partial charge on any atom is -0.363 e. The molecule has 4 rings (SSSR count). The Labute approximate surface area is 192 Å². The molecular weight excluding hydrogens is 447 g/mol. The number of rotatable bonds is 6. The van der Waals surface area contributed by atoms with Crippen molar-refractivity contribution in [1.29, 1.82) is 10.7 Å². The van der Waals surface area contributed by atoms with Gasteiger partial charge >= 0.3 is 6.18 Å². The van der Waals surface area contributed by atoms with Gasteiger partial charge in [0, 0.05) is 30.3 Å². The summed E-state index contributed by atoms with van der Waals surface area (Å²) >= 11 is 0. The summed E-state index contributed by atoms with van der Waals surface area (Å²) in [5.41, 5.74) is -1.69. The summed E-state index contributed by atoms with van der Waals surface area (Å²) in [6.07, 6.45) is 0.400. The molecule has 34 heavy (non-hydrogen) atoms. The smallest absolute Gasteiger partial charge is 0.363 e. The molecule has 8 nitrogen and oxygen atoms in total. The Balaban J connectivity index is 1.67. The maximum absolute atomic E-state index is 12.9. The minimum atomic E-state index is -4.45. The highest BCUT2D eigenvalue weighted by Gasteiger charge is 2.38. The van der Waals surface area contributed by atoms with Crippen LogP contribution >= 0.6 is 0 Å². The molecule has 0 radical (unpaired) electrons. The number of halogens is 3. The highest BCUT2D eigenvalue weighted by molar-refractivity contribution is 6.12. The third-order valence-corrected chi connectivity index (χ3v) is 5.93. The first kappa shape index (κ1) is 23.1. The van der Waals surface area contributed by atoms with Crippen molar-refractivity contribution in [3.8, 4) is 6.07 Å². The second-order valence-corrected chi connectivity index (χ2v) is 8.04. The maximum Gasteiger partial charge on any atom is 0.416 e. The number of nitrogens with zero attached hydrogens (tertiary/aromatic N) is 4. The molecule has 3 unspecified atom stereocenters. The first-order chi connectivity index (χ1) is 16.2. The van der Waals surface area contributed by atoms with E-state index in [2.05, 4.69) is 25.3 Å². The normalized spacial score (nSPS) is 18.4. The molecule has 2 heterocycles. The molecule has 1 aromatic carbocycles. The van der Waals surface area contributed by atoms with Gasteiger partial charge in [0.05, 0.1) is 5.56 Å². The summed E-state index contributed by atoms with van der Waals surface area (Å²) in [5, 5.41) is 20.1. The van der Waals surface area contributed by atoms with E-state index in [1.807, 2.05) is 0 Å².